The van der Waals surface area contributed by atoms with Gasteiger partial charge < -0.3 is 16.0 Å². The van der Waals surface area contributed by atoms with Crippen molar-refractivity contribution in [1.82, 2.24) is 14.9 Å². The average molecular weight is 343 g/mol. The molecular formula is C16H21N7O2. The zero-order valence-electron chi connectivity index (χ0n) is 14.1. The Morgan fingerprint density at radius 3 is 2.48 bits per heavy atom. The minimum Gasteiger partial charge on any atom is -0.378 e. The Morgan fingerprint density at radius 2 is 1.88 bits per heavy atom. The molecular weight excluding hydrogens is 322 g/mol. The van der Waals surface area contributed by atoms with Crippen molar-refractivity contribution < 1.29 is 4.92 Å². The Morgan fingerprint density at radius 1 is 1.20 bits per heavy atom. The summed E-state index contributed by atoms with van der Waals surface area (Å²) >= 11 is 0. The summed E-state index contributed by atoms with van der Waals surface area (Å²) in [7, 11) is 1.65. The zero-order valence-corrected chi connectivity index (χ0v) is 14.1. The molecule has 1 aromatic heterocycles. The van der Waals surface area contributed by atoms with Crippen LogP contribution >= 0.6 is 0 Å². The van der Waals surface area contributed by atoms with Gasteiger partial charge in [-0.1, -0.05) is 30.3 Å². The summed E-state index contributed by atoms with van der Waals surface area (Å²) in [5, 5.41) is 14.2. The minimum atomic E-state index is -0.513. The van der Waals surface area contributed by atoms with Gasteiger partial charge in [-0.25, -0.2) is 0 Å². The van der Waals surface area contributed by atoms with E-state index in [1.165, 1.54) is 5.56 Å². The molecule has 2 heterocycles. The first kappa shape index (κ1) is 16.9. The number of anilines is 3. The van der Waals surface area contributed by atoms with Gasteiger partial charge in [-0.3, -0.25) is 15.0 Å². The van der Waals surface area contributed by atoms with Gasteiger partial charge in [0.25, 0.3) is 0 Å². The van der Waals surface area contributed by atoms with E-state index in [1.54, 1.807) is 7.05 Å². The SMILES string of the molecule is CNc1nc(N)c([N+](=O)[O-])c(N2CCN(Cc3ccccc3)CC2)n1. The number of aromatic nitrogens is 2. The molecule has 3 N–H and O–H groups in total. The zero-order chi connectivity index (χ0) is 17.8. The number of nitro groups is 1. The van der Waals surface area contributed by atoms with Gasteiger partial charge in [0.05, 0.1) is 4.92 Å². The summed E-state index contributed by atoms with van der Waals surface area (Å²) in [6.07, 6.45) is 0. The highest BCUT2D eigenvalue weighted by Gasteiger charge is 2.29. The molecule has 9 heteroatoms. The fraction of sp³-hybridized carbons (Fsp3) is 0.375. The van der Waals surface area contributed by atoms with Gasteiger partial charge in [-0.05, 0) is 5.56 Å². The van der Waals surface area contributed by atoms with Crippen LogP contribution in [0.1, 0.15) is 5.56 Å². The Hall–Kier alpha value is -2.94. The van der Waals surface area contributed by atoms with E-state index in [4.69, 9.17) is 5.73 Å². The maximum atomic E-state index is 11.4. The van der Waals surface area contributed by atoms with Crippen LogP contribution in [0.4, 0.5) is 23.3 Å². The number of nitrogen functional groups attached to an aromatic ring is 1. The molecule has 25 heavy (non-hydrogen) atoms. The molecule has 3 rings (SSSR count). The van der Waals surface area contributed by atoms with Crippen LogP contribution in [-0.2, 0) is 6.54 Å². The third-order valence-electron chi connectivity index (χ3n) is 4.22. The normalized spacial score (nSPS) is 15.2. The van der Waals surface area contributed by atoms with Gasteiger partial charge in [0.15, 0.2) is 0 Å². The van der Waals surface area contributed by atoms with E-state index in [0.29, 0.717) is 13.1 Å². The number of benzene rings is 1. The number of nitrogens with one attached hydrogen (secondary N) is 1. The van der Waals surface area contributed by atoms with Crippen molar-refractivity contribution in [2.24, 2.45) is 0 Å². The molecule has 1 saturated heterocycles. The molecule has 0 spiro atoms. The van der Waals surface area contributed by atoms with Crippen LogP contribution in [0.15, 0.2) is 30.3 Å². The van der Waals surface area contributed by atoms with Crippen LogP contribution in [0.25, 0.3) is 0 Å². The summed E-state index contributed by atoms with van der Waals surface area (Å²) in [5.74, 6) is 0.442. The lowest BCUT2D eigenvalue weighted by Crippen LogP contribution is -2.46. The molecule has 1 aliphatic rings. The Labute approximate surface area is 145 Å². The average Bonchev–Trinajstić information content (AvgIpc) is 2.62. The van der Waals surface area contributed by atoms with Gasteiger partial charge in [0.1, 0.15) is 0 Å². The summed E-state index contributed by atoms with van der Waals surface area (Å²) in [6, 6.07) is 10.2. The first-order chi connectivity index (χ1) is 12.1. The van der Waals surface area contributed by atoms with Crippen molar-refractivity contribution in [2.45, 2.75) is 6.54 Å². The van der Waals surface area contributed by atoms with Gasteiger partial charge in [-0.2, -0.15) is 9.97 Å². The lowest BCUT2D eigenvalue weighted by molar-refractivity contribution is -0.383. The topological polar surface area (TPSA) is 113 Å². The lowest BCUT2D eigenvalue weighted by atomic mass is 10.2. The smallest absolute Gasteiger partial charge is 0.353 e. The van der Waals surface area contributed by atoms with Crippen molar-refractivity contribution in [1.29, 1.82) is 0 Å². The number of hydrogen-bond donors (Lipinski definition) is 2. The third kappa shape index (κ3) is 3.77. The second-order valence-electron chi connectivity index (χ2n) is 5.86. The second-order valence-corrected chi connectivity index (χ2v) is 5.86. The van der Waals surface area contributed by atoms with E-state index in [0.717, 1.165) is 19.6 Å². The van der Waals surface area contributed by atoms with E-state index in [1.807, 2.05) is 23.1 Å². The molecule has 0 amide bonds. The predicted octanol–water partition coefficient (Wildman–Crippen LogP) is 1.33. The van der Waals surface area contributed by atoms with Crippen molar-refractivity contribution in [3.05, 3.63) is 46.0 Å². The monoisotopic (exact) mass is 343 g/mol. The molecule has 1 fully saturated rings. The first-order valence-corrected chi connectivity index (χ1v) is 8.09. The van der Waals surface area contributed by atoms with E-state index in [9.17, 15) is 10.1 Å². The number of hydrogen-bond acceptors (Lipinski definition) is 8. The highest BCUT2D eigenvalue weighted by molar-refractivity contribution is 5.71. The van der Waals surface area contributed by atoms with Gasteiger partial charge >= 0.3 is 5.69 Å². The van der Waals surface area contributed by atoms with Crippen molar-refractivity contribution in [3.8, 4) is 0 Å². The van der Waals surface area contributed by atoms with Crippen LogP contribution in [0.2, 0.25) is 0 Å². The predicted molar refractivity (Wildman–Crippen MR) is 96.6 cm³/mol. The molecule has 1 aliphatic heterocycles. The van der Waals surface area contributed by atoms with Gasteiger partial charge in [0, 0.05) is 39.8 Å². The molecule has 132 valence electrons. The van der Waals surface area contributed by atoms with Crippen LogP contribution < -0.4 is 16.0 Å². The summed E-state index contributed by atoms with van der Waals surface area (Å²) < 4.78 is 0. The Kier molecular flexibility index (Phi) is 4.94. The number of nitrogens with two attached hydrogens (primary N) is 1. The van der Waals surface area contributed by atoms with E-state index in [2.05, 4.69) is 32.3 Å². The van der Waals surface area contributed by atoms with Crippen molar-refractivity contribution >= 4 is 23.3 Å². The maximum absolute atomic E-state index is 11.4. The van der Waals surface area contributed by atoms with E-state index >= 15 is 0 Å². The van der Waals surface area contributed by atoms with E-state index in [-0.39, 0.29) is 23.3 Å². The van der Waals surface area contributed by atoms with Crippen LogP contribution in [0.3, 0.4) is 0 Å². The molecule has 0 aliphatic carbocycles. The Bertz CT molecular complexity index is 746. The fourth-order valence-electron chi connectivity index (χ4n) is 2.93. The highest BCUT2D eigenvalue weighted by atomic mass is 16.6. The summed E-state index contributed by atoms with van der Waals surface area (Å²) in [4.78, 5) is 23.3. The highest BCUT2D eigenvalue weighted by Crippen LogP contribution is 2.32. The fourth-order valence-corrected chi connectivity index (χ4v) is 2.93. The second kappa shape index (κ2) is 7.31. The third-order valence-corrected chi connectivity index (χ3v) is 4.22. The molecule has 0 bridgehead atoms. The standard InChI is InChI=1S/C16H21N7O2/c1-18-16-19-14(17)13(23(24)25)15(20-16)22-9-7-21(8-10-22)11-12-5-3-2-4-6-12/h2-6H,7-11H2,1H3,(H3,17,18,19,20). The summed E-state index contributed by atoms with van der Waals surface area (Å²) in [6.45, 7) is 3.75. The number of nitrogens with zero attached hydrogens (tertiary/aromatic N) is 5. The van der Waals surface area contributed by atoms with Gasteiger partial charge in [-0.15, -0.1) is 0 Å². The molecule has 0 radical (unpaired) electrons. The lowest BCUT2D eigenvalue weighted by Gasteiger charge is -2.35. The quantitative estimate of drug-likeness (QED) is 0.617. The molecule has 0 saturated carbocycles. The number of piperazine rings is 1. The van der Waals surface area contributed by atoms with Crippen LogP contribution in [0, 0.1) is 10.1 Å². The Balaban J connectivity index is 1.74. The largest absolute Gasteiger partial charge is 0.378 e. The minimum absolute atomic E-state index is 0.119. The molecule has 2 aromatic rings. The summed E-state index contributed by atoms with van der Waals surface area (Å²) in [5.41, 5.74) is 6.79. The van der Waals surface area contributed by atoms with Crippen LogP contribution in [-0.4, -0.2) is 53.0 Å². The van der Waals surface area contributed by atoms with Crippen LogP contribution in [0.5, 0.6) is 0 Å². The molecule has 1 aromatic carbocycles. The maximum Gasteiger partial charge on any atom is 0.353 e. The molecule has 0 unspecified atom stereocenters. The molecule has 9 nitrogen and oxygen atoms in total. The number of rotatable bonds is 5. The van der Waals surface area contributed by atoms with Crippen molar-refractivity contribution in [3.63, 3.8) is 0 Å². The first-order valence-electron chi connectivity index (χ1n) is 8.09. The molecule has 0 atom stereocenters. The van der Waals surface area contributed by atoms with Gasteiger partial charge in [0.2, 0.25) is 17.6 Å². The van der Waals surface area contributed by atoms with E-state index < -0.39 is 4.92 Å². The van der Waals surface area contributed by atoms with Crippen molar-refractivity contribution in [2.75, 3.05) is 49.2 Å².